The lowest BCUT2D eigenvalue weighted by Gasteiger charge is -2.10. The van der Waals surface area contributed by atoms with E-state index in [4.69, 9.17) is 9.47 Å². The highest BCUT2D eigenvalue weighted by Gasteiger charge is 2.22. The highest BCUT2D eigenvalue weighted by molar-refractivity contribution is 5.37. The highest BCUT2D eigenvalue weighted by atomic mass is 16.5. The van der Waals surface area contributed by atoms with Gasteiger partial charge in [-0.1, -0.05) is 18.2 Å². The van der Waals surface area contributed by atoms with Crippen LogP contribution in [0.1, 0.15) is 11.3 Å². The lowest BCUT2D eigenvalue weighted by atomic mass is 10.1. The van der Waals surface area contributed by atoms with Crippen molar-refractivity contribution in [3.8, 4) is 5.75 Å². The van der Waals surface area contributed by atoms with Crippen molar-refractivity contribution in [2.45, 2.75) is 25.6 Å². The number of hydrogen-bond acceptors (Lipinski definition) is 4. The van der Waals surface area contributed by atoms with Gasteiger partial charge in [-0.25, -0.2) is 4.98 Å². The van der Waals surface area contributed by atoms with Crippen LogP contribution in [-0.4, -0.2) is 35.9 Å². The van der Waals surface area contributed by atoms with E-state index >= 15 is 0 Å². The molecule has 5 heteroatoms. The summed E-state index contributed by atoms with van der Waals surface area (Å²) in [6, 6.07) is 8.25. The van der Waals surface area contributed by atoms with E-state index in [2.05, 4.69) is 33.2 Å². The van der Waals surface area contributed by atoms with Crippen molar-refractivity contribution in [1.82, 2.24) is 14.9 Å². The van der Waals surface area contributed by atoms with Gasteiger partial charge in [-0.2, -0.15) is 0 Å². The number of benzene rings is 1. The number of nitrogens with zero attached hydrogens (tertiary/aromatic N) is 2. The Morgan fingerprint density at radius 3 is 3.19 bits per heavy atom. The van der Waals surface area contributed by atoms with Crippen molar-refractivity contribution in [3.63, 3.8) is 0 Å². The van der Waals surface area contributed by atoms with Gasteiger partial charge >= 0.3 is 0 Å². The molecule has 0 saturated carbocycles. The first-order valence-electron chi connectivity index (χ1n) is 7.30. The minimum atomic E-state index is 0.200. The molecule has 112 valence electrons. The molecule has 0 bridgehead atoms. The number of para-hydroxylation sites is 1. The van der Waals surface area contributed by atoms with Crippen molar-refractivity contribution in [1.29, 1.82) is 0 Å². The average molecular weight is 287 g/mol. The van der Waals surface area contributed by atoms with E-state index in [9.17, 15) is 0 Å². The Bertz CT molecular complexity index is 557. The Kier molecular flexibility index (Phi) is 4.52. The SMILES string of the molecule is COCCNCc1cn(CC2Cc3ccccc3O2)cn1. The molecule has 1 aliphatic rings. The van der Waals surface area contributed by atoms with Crippen LogP contribution in [0, 0.1) is 0 Å². The van der Waals surface area contributed by atoms with Gasteiger partial charge in [0, 0.05) is 32.8 Å². The van der Waals surface area contributed by atoms with Crippen molar-refractivity contribution in [2.24, 2.45) is 0 Å². The van der Waals surface area contributed by atoms with Gasteiger partial charge in [-0.15, -0.1) is 0 Å². The van der Waals surface area contributed by atoms with Crippen LogP contribution in [0.5, 0.6) is 5.75 Å². The Hall–Kier alpha value is -1.85. The molecule has 0 spiro atoms. The van der Waals surface area contributed by atoms with Crippen LogP contribution in [-0.2, 0) is 24.2 Å². The molecule has 2 heterocycles. The van der Waals surface area contributed by atoms with Gasteiger partial charge < -0.3 is 19.4 Å². The monoisotopic (exact) mass is 287 g/mol. The van der Waals surface area contributed by atoms with Gasteiger partial charge in [-0.05, 0) is 11.6 Å². The fourth-order valence-corrected chi connectivity index (χ4v) is 2.58. The third-order valence-electron chi connectivity index (χ3n) is 3.60. The largest absolute Gasteiger partial charge is 0.488 e. The number of aromatic nitrogens is 2. The van der Waals surface area contributed by atoms with E-state index < -0.39 is 0 Å². The molecular weight excluding hydrogens is 266 g/mol. The summed E-state index contributed by atoms with van der Waals surface area (Å²) in [5.74, 6) is 1.02. The van der Waals surface area contributed by atoms with Crippen LogP contribution in [0.25, 0.3) is 0 Å². The van der Waals surface area contributed by atoms with Gasteiger partial charge in [0.25, 0.3) is 0 Å². The summed E-state index contributed by atoms with van der Waals surface area (Å²) in [5, 5.41) is 3.29. The summed E-state index contributed by atoms with van der Waals surface area (Å²) in [6.07, 6.45) is 5.12. The molecule has 1 unspecified atom stereocenters. The van der Waals surface area contributed by atoms with Crippen LogP contribution in [0.2, 0.25) is 0 Å². The molecule has 0 fully saturated rings. The van der Waals surface area contributed by atoms with Gasteiger partial charge in [0.05, 0.1) is 25.2 Å². The van der Waals surface area contributed by atoms with E-state index in [1.165, 1.54) is 5.56 Å². The molecule has 1 atom stereocenters. The van der Waals surface area contributed by atoms with E-state index in [0.29, 0.717) is 0 Å². The fraction of sp³-hybridized carbons (Fsp3) is 0.438. The summed E-state index contributed by atoms with van der Waals surface area (Å²) in [4.78, 5) is 4.41. The van der Waals surface area contributed by atoms with E-state index in [1.54, 1.807) is 7.11 Å². The predicted octanol–water partition coefficient (Wildman–Crippen LogP) is 1.62. The van der Waals surface area contributed by atoms with Crippen LogP contribution in [0.15, 0.2) is 36.8 Å². The third kappa shape index (κ3) is 3.62. The number of methoxy groups -OCH3 is 1. The van der Waals surface area contributed by atoms with E-state index in [1.807, 2.05) is 18.5 Å². The second-order valence-corrected chi connectivity index (χ2v) is 5.28. The molecule has 3 rings (SSSR count). The smallest absolute Gasteiger partial charge is 0.123 e. The Morgan fingerprint density at radius 2 is 2.33 bits per heavy atom. The number of nitrogens with one attached hydrogen (secondary N) is 1. The van der Waals surface area contributed by atoms with Gasteiger partial charge in [0.1, 0.15) is 11.9 Å². The maximum Gasteiger partial charge on any atom is 0.123 e. The third-order valence-corrected chi connectivity index (χ3v) is 3.60. The van der Waals surface area contributed by atoms with Gasteiger partial charge in [0.2, 0.25) is 0 Å². The van der Waals surface area contributed by atoms with Gasteiger partial charge in [-0.3, -0.25) is 0 Å². The van der Waals surface area contributed by atoms with Crippen molar-refractivity contribution in [3.05, 3.63) is 48.0 Å². The zero-order chi connectivity index (χ0) is 14.5. The lowest BCUT2D eigenvalue weighted by Crippen LogP contribution is -2.20. The molecule has 1 N–H and O–H groups in total. The molecule has 0 radical (unpaired) electrons. The molecule has 1 aliphatic heterocycles. The maximum atomic E-state index is 5.95. The zero-order valence-corrected chi connectivity index (χ0v) is 12.3. The van der Waals surface area contributed by atoms with Crippen LogP contribution in [0.4, 0.5) is 0 Å². The summed E-state index contributed by atoms with van der Waals surface area (Å²) in [6.45, 7) is 3.15. The first kappa shape index (κ1) is 14.1. The van der Waals surface area contributed by atoms with Crippen LogP contribution < -0.4 is 10.1 Å². The normalized spacial score (nSPS) is 16.7. The first-order chi connectivity index (χ1) is 10.3. The molecule has 1 aromatic carbocycles. The Labute approximate surface area is 124 Å². The molecule has 21 heavy (non-hydrogen) atoms. The highest BCUT2D eigenvalue weighted by Crippen LogP contribution is 2.28. The number of rotatable bonds is 7. The predicted molar refractivity (Wildman–Crippen MR) is 80.4 cm³/mol. The second-order valence-electron chi connectivity index (χ2n) is 5.28. The quantitative estimate of drug-likeness (QED) is 0.786. The van der Waals surface area contributed by atoms with Crippen molar-refractivity contribution >= 4 is 0 Å². The molecule has 1 aromatic heterocycles. The summed E-state index contributed by atoms with van der Waals surface area (Å²) in [5.41, 5.74) is 2.34. The zero-order valence-electron chi connectivity index (χ0n) is 12.3. The van der Waals surface area contributed by atoms with Crippen molar-refractivity contribution < 1.29 is 9.47 Å². The standard InChI is InChI=1S/C16H21N3O2/c1-20-7-6-17-9-14-10-19(12-18-14)11-15-8-13-4-2-3-5-16(13)21-15/h2-5,10,12,15,17H,6-9,11H2,1H3. The molecule has 0 amide bonds. The minimum Gasteiger partial charge on any atom is -0.488 e. The Balaban J connectivity index is 1.49. The topological polar surface area (TPSA) is 48.3 Å². The minimum absolute atomic E-state index is 0.200. The van der Waals surface area contributed by atoms with Crippen molar-refractivity contribution in [2.75, 3.05) is 20.3 Å². The average Bonchev–Trinajstić information content (AvgIpc) is 3.10. The molecule has 0 saturated heterocycles. The number of ether oxygens (including phenoxy) is 2. The number of fused-ring (bicyclic) bond motifs is 1. The van der Waals surface area contributed by atoms with E-state index in [0.717, 1.165) is 44.1 Å². The summed E-state index contributed by atoms with van der Waals surface area (Å²) >= 11 is 0. The summed E-state index contributed by atoms with van der Waals surface area (Å²) < 4.78 is 13.1. The van der Waals surface area contributed by atoms with Crippen LogP contribution in [0.3, 0.4) is 0 Å². The number of imidazole rings is 1. The second kappa shape index (κ2) is 6.74. The Morgan fingerprint density at radius 1 is 1.43 bits per heavy atom. The van der Waals surface area contributed by atoms with Gasteiger partial charge in [0.15, 0.2) is 0 Å². The maximum absolute atomic E-state index is 5.95. The molecule has 0 aliphatic carbocycles. The molecule has 2 aromatic rings. The number of hydrogen-bond donors (Lipinski definition) is 1. The molecular formula is C16H21N3O2. The van der Waals surface area contributed by atoms with Crippen LogP contribution >= 0.6 is 0 Å². The van der Waals surface area contributed by atoms with E-state index in [-0.39, 0.29) is 6.10 Å². The lowest BCUT2D eigenvalue weighted by molar-refractivity contribution is 0.199. The molecule has 5 nitrogen and oxygen atoms in total. The first-order valence-corrected chi connectivity index (χ1v) is 7.30. The fourth-order valence-electron chi connectivity index (χ4n) is 2.58. The summed E-state index contributed by atoms with van der Waals surface area (Å²) in [7, 11) is 1.70.